The number of unbranched alkanes of at least 4 members (excludes halogenated alkanes) is 1. The van der Waals surface area contributed by atoms with Gasteiger partial charge in [0.05, 0.1) is 0 Å². The van der Waals surface area contributed by atoms with E-state index in [0.29, 0.717) is 12.1 Å². The van der Waals surface area contributed by atoms with Crippen molar-refractivity contribution in [3.63, 3.8) is 0 Å². The number of amides is 1. The summed E-state index contributed by atoms with van der Waals surface area (Å²) in [7, 11) is 5.26. The maximum Gasteiger partial charge on any atom is 0.253 e. The molecule has 1 heterocycles. The molecule has 28 heavy (non-hydrogen) atoms. The highest BCUT2D eigenvalue weighted by Gasteiger charge is 2.07. The number of aromatic nitrogens is 1. The van der Waals surface area contributed by atoms with Crippen LogP contribution in [0, 0.1) is 0 Å². The zero-order valence-electron chi connectivity index (χ0n) is 16.9. The highest BCUT2D eigenvalue weighted by atomic mass is 16.2. The van der Waals surface area contributed by atoms with E-state index < -0.39 is 0 Å². The smallest absolute Gasteiger partial charge is 0.253 e. The van der Waals surface area contributed by atoms with Gasteiger partial charge in [0.1, 0.15) is 5.82 Å². The molecule has 0 bridgehead atoms. The molecular weight excluding hydrogens is 352 g/mol. The molecule has 0 saturated carbocycles. The molecule has 1 aromatic carbocycles. The Balaban J connectivity index is 1.64. The Morgan fingerprint density at radius 3 is 2.43 bits per heavy atom. The average Bonchev–Trinajstić information content (AvgIpc) is 2.73. The molecule has 2 rings (SSSR count). The van der Waals surface area contributed by atoms with Gasteiger partial charge in [-0.15, -0.1) is 0 Å². The lowest BCUT2D eigenvalue weighted by Gasteiger charge is -2.13. The molecule has 7 heteroatoms. The van der Waals surface area contributed by atoms with Crippen LogP contribution < -0.4 is 16.0 Å². The van der Waals surface area contributed by atoms with Gasteiger partial charge in [-0.05, 0) is 42.7 Å². The Labute approximate surface area is 167 Å². The van der Waals surface area contributed by atoms with Gasteiger partial charge in [0, 0.05) is 52.5 Å². The predicted molar refractivity (Wildman–Crippen MR) is 115 cm³/mol. The van der Waals surface area contributed by atoms with E-state index in [-0.39, 0.29) is 5.91 Å². The first kappa shape index (κ1) is 21.2. The summed E-state index contributed by atoms with van der Waals surface area (Å²) in [6, 6.07) is 13.5. The minimum atomic E-state index is 0.00882. The lowest BCUT2D eigenvalue weighted by molar-refractivity contribution is 0.0827. The fourth-order valence-corrected chi connectivity index (χ4v) is 2.57. The second-order valence-electron chi connectivity index (χ2n) is 6.60. The number of hydrogen-bond acceptors (Lipinski definition) is 4. The number of nitrogens with zero attached hydrogens (tertiary/aromatic N) is 3. The number of benzene rings is 1. The monoisotopic (exact) mass is 382 g/mol. The minimum Gasteiger partial charge on any atom is -0.370 e. The van der Waals surface area contributed by atoms with Crippen molar-refractivity contribution < 1.29 is 4.79 Å². The first-order chi connectivity index (χ1) is 13.6. The van der Waals surface area contributed by atoms with Crippen molar-refractivity contribution in [2.24, 2.45) is 4.99 Å². The van der Waals surface area contributed by atoms with Gasteiger partial charge in [0.2, 0.25) is 0 Å². The number of carbonyl (C=O) groups excluding carboxylic acids is 1. The number of aliphatic imine (C=N–C) groups is 1. The van der Waals surface area contributed by atoms with Crippen LogP contribution in [-0.4, -0.2) is 56.0 Å². The molecule has 0 saturated heterocycles. The van der Waals surface area contributed by atoms with E-state index in [1.54, 1.807) is 32.2 Å². The first-order valence-corrected chi connectivity index (χ1v) is 9.50. The van der Waals surface area contributed by atoms with Crippen molar-refractivity contribution in [3.05, 3.63) is 59.8 Å². The molecule has 0 aliphatic rings. The van der Waals surface area contributed by atoms with Crippen LogP contribution in [-0.2, 0) is 6.54 Å². The Bertz CT molecular complexity index is 743. The lowest BCUT2D eigenvalue weighted by Crippen LogP contribution is -2.37. The van der Waals surface area contributed by atoms with E-state index in [9.17, 15) is 4.79 Å². The zero-order chi connectivity index (χ0) is 20.2. The minimum absolute atomic E-state index is 0.00882. The van der Waals surface area contributed by atoms with E-state index in [4.69, 9.17) is 0 Å². The summed E-state index contributed by atoms with van der Waals surface area (Å²) in [6.45, 7) is 2.39. The molecule has 0 aliphatic heterocycles. The van der Waals surface area contributed by atoms with Crippen LogP contribution in [0.15, 0.2) is 53.7 Å². The van der Waals surface area contributed by atoms with E-state index in [0.717, 1.165) is 43.3 Å². The van der Waals surface area contributed by atoms with E-state index in [1.807, 2.05) is 42.5 Å². The third kappa shape index (κ3) is 7.26. The average molecular weight is 383 g/mol. The number of carbonyl (C=O) groups is 1. The third-order valence-electron chi connectivity index (χ3n) is 4.16. The summed E-state index contributed by atoms with van der Waals surface area (Å²) in [5, 5.41) is 9.91. The van der Waals surface area contributed by atoms with Crippen LogP contribution in [0.25, 0.3) is 0 Å². The Morgan fingerprint density at radius 1 is 1.04 bits per heavy atom. The Hall–Kier alpha value is -3.09. The Kier molecular flexibility index (Phi) is 8.78. The molecule has 150 valence electrons. The van der Waals surface area contributed by atoms with Crippen molar-refractivity contribution in [2.45, 2.75) is 19.4 Å². The molecule has 0 atom stereocenters. The van der Waals surface area contributed by atoms with Crippen LogP contribution in [0.5, 0.6) is 0 Å². The molecule has 0 unspecified atom stereocenters. The highest BCUT2D eigenvalue weighted by molar-refractivity contribution is 5.93. The predicted octanol–water partition coefficient (Wildman–Crippen LogP) is 2.34. The maximum absolute atomic E-state index is 11.9. The quantitative estimate of drug-likeness (QED) is 0.352. The molecule has 0 fully saturated rings. The van der Waals surface area contributed by atoms with Gasteiger partial charge < -0.3 is 20.9 Å². The molecule has 0 spiro atoms. The molecule has 0 radical (unpaired) electrons. The molecular formula is C21H30N6O. The van der Waals surface area contributed by atoms with Gasteiger partial charge in [-0.25, -0.2) is 4.98 Å². The molecule has 7 nitrogen and oxygen atoms in total. The Morgan fingerprint density at radius 2 is 1.79 bits per heavy atom. The molecule has 2 aromatic rings. The van der Waals surface area contributed by atoms with Crippen LogP contribution in [0.2, 0.25) is 0 Å². The second-order valence-corrected chi connectivity index (χ2v) is 6.60. The van der Waals surface area contributed by atoms with Gasteiger partial charge in [-0.3, -0.25) is 9.79 Å². The zero-order valence-corrected chi connectivity index (χ0v) is 16.9. The number of hydrogen-bond donors (Lipinski definition) is 3. The maximum atomic E-state index is 11.9. The third-order valence-corrected chi connectivity index (χ3v) is 4.16. The largest absolute Gasteiger partial charge is 0.370 e. The standard InChI is InChI=1S/C21H30N6O/c1-22-21(25-15-7-6-14-24-19-8-4-5-13-23-19)26-16-17-9-11-18(12-10-17)20(28)27(2)3/h4-5,8-13H,6-7,14-16H2,1-3H3,(H,23,24)(H2,22,25,26). The van der Waals surface area contributed by atoms with Crippen molar-refractivity contribution in [3.8, 4) is 0 Å². The summed E-state index contributed by atoms with van der Waals surface area (Å²) >= 11 is 0. The van der Waals surface area contributed by atoms with E-state index in [2.05, 4.69) is 25.9 Å². The highest BCUT2D eigenvalue weighted by Crippen LogP contribution is 2.06. The van der Waals surface area contributed by atoms with Crippen molar-refractivity contribution >= 4 is 17.7 Å². The van der Waals surface area contributed by atoms with Crippen LogP contribution in [0.1, 0.15) is 28.8 Å². The SMILES string of the molecule is CN=C(NCCCCNc1ccccn1)NCc1ccc(C(=O)N(C)C)cc1. The molecule has 0 aliphatic carbocycles. The van der Waals surface area contributed by atoms with Gasteiger partial charge in [-0.1, -0.05) is 18.2 Å². The molecule has 1 amide bonds. The van der Waals surface area contributed by atoms with Crippen molar-refractivity contribution in [2.75, 3.05) is 39.5 Å². The summed E-state index contributed by atoms with van der Waals surface area (Å²) in [5.74, 6) is 1.69. The van der Waals surface area contributed by atoms with Crippen molar-refractivity contribution in [1.29, 1.82) is 0 Å². The topological polar surface area (TPSA) is 81.6 Å². The number of guanidine groups is 1. The van der Waals surface area contributed by atoms with Crippen LogP contribution in [0.4, 0.5) is 5.82 Å². The summed E-state index contributed by atoms with van der Waals surface area (Å²) in [5.41, 5.74) is 1.79. The number of rotatable bonds is 9. The van der Waals surface area contributed by atoms with Crippen LogP contribution in [0.3, 0.4) is 0 Å². The van der Waals surface area contributed by atoms with Crippen LogP contribution >= 0.6 is 0 Å². The van der Waals surface area contributed by atoms with E-state index in [1.165, 1.54) is 0 Å². The number of nitrogens with one attached hydrogen (secondary N) is 3. The number of pyridine rings is 1. The second kappa shape index (κ2) is 11.6. The van der Waals surface area contributed by atoms with Gasteiger partial charge in [0.15, 0.2) is 5.96 Å². The summed E-state index contributed by atoms with van der Waals surface area (Å²) in [6.07, 6.45) is 3.86. The first-order valence-electron chi connectivity index (χ1n) is 9.50. The normalized spacial score (nSPS) is 11.0. The van der Waals surface area contributed by atoms with E-state index >= 15 is 0 Å². The van der Waals surface area contributed by atoms with Gasteiger partial charge in [0.25, 0.3) is 5.91 Å². The summed E-state index contributed by atoms with van der Waals surface area (Å²) in [4.78, 5) is 22.0. The fraction of sp³-hybridized carbons (Fsp3) is 0.381. The molecule has 3 N–H and O–H groups in total. The summed E-state index contributed by atoms with van der Waals surface area (Å²) < 4.78 is 0. The molecule has 1 aromatic heterocycles. The van der Waals surface area contributed by atoms with Crippen molar-refractivity contribution in [1.82, 2.24) is 20.5 Å². The number of anilines is 1. The lowest BCUT2D eigenvalue weighted by atomic mass is 10.1. The van der Waals surface area contributed by atoms with Gasteiger partial charge >= 0.3 is 0 Å². The van der Waals surface area contributed by atoms with Gasteiger partial charge in [-0.2, -0.15) is 0 Å². The fourth-order valence-electron chi connectivity index (χ4n) is 2.57.